The Morgan fingerprint density at radius 2 is 1.82 bits per heavy atom. The molecule has 2 aromatic rings. The van der Waals surface area contributed by atoms with E-state index in [9.17, 15) is 22.4 Å². The van der Waals surface area contributed by atoms with Crippen LogP contribution in [0, 0.1) is 12.7 Å². The van der Waals surface area contributed by atoms with E-state index in [0.717, 1.165) is 40.2 Å². The van der Waals surface area contributed by atoms with Crippen LogP contribution >= 0.6 is 11.6 Å². The van der Waals surface area contributed by atoms with E-state index in [1.165, 1.54) is 11.0 Å². The predicted molar refractivity (Wildman–Crippen MR) is 133 cm³/mol. The highest BCUT2D eigenvalue weighted by atomic mass is 35.5. The number of halogens is 2. The first-order chi connectivity index (χ1) is 15.8. The first-order valence-electron chi connectivity index (χ1n) is 10.9. The molecule has 2 unspecified atom stereocenters. The maximum Gasteiger partial charge on any atom is 0.244 e. The highest BCUT2D eigenvalue weighted by Gasteiger charge is 2.30. The average Bonchev–Trinajstić information content (AvgIpc) is 2.76. The first-order valence-corrected chi connectivity index (χ1v) is 13.1. The number of rotatable bonds is 10. The third kappa shape index (κ3) is 7.43. The van der Waals surface area contributed by atoms with Gasteiger partial charge in [-0.05, 0) is 51.0 Å². The van der Waals surface area contributed by atoms with Gasteiger partial charge in [-0.3, -0.25) is 13.9 Å². The minimum atomic E-state index is -3.92. The molecule has 0 aliphatic rings. The van der Waals surface area contributed by atoms with Gasteiger partial charge in [0.2, 0.25) is 21.8 Å². The Bertz CT molecular complexity index is 1140. The molecule has 10 heteroatoms. The average molecular weight is 512 g/mol. The van der Waals surface area contributed by atoms with Crippen molar-refractivity contribution in [1.82, 2.24) is 10.2 Å². The van der Waals surface area contributed by atoms with Gasteiger partial charge in [0.15, 0.2) is 0 Å². The second-order valence-electron chi connectivity index (χ2n) is 8.37. The third-order valence-electron chi connectivity index (χ3n) is 5.47. The summed E-state index contributed by atoms with van der Waals surface area (Å²) in [6.45, 7) is 6.85. The molecule has 7 nitrogen and oxygen atoms in total. The van der Waals surface area contributed by atoms with Crippen molar-refractivity contribution in [2.45, 2.75) is 52.7 Å². The Kier molecular flexibility index (Phi) is 9.46. The first kappa shape index (κ1) is 27.6. The number of anilines is 1. The van der Waals surface area contributed by atoms with Crippen molar-refractivity contribution in [2.24, 2.45) is 0 Å². The van der Waals surface area contributed by atoms with Crippen LogP contribution in [-0.4, -0.2) is 50.0 Å². The lowest BCUT2D eigenvalue weighted by Crippen LogP contribution is -2.52. The molecule has 34 heavy (non-hydrogen) atoms. The van der Waals surface area contributed by atoms with Gasteiger partial charge < -0.3 is 10.2 Å². The van der Waals surface area contributed by atoms with E-state index in [2.05, 4.69) is 5.32 Å². The summed E-state index contributed by atoms with van der Waals surface area (Å²) < 4.78 is 39.5. The molecule has 0 radical (unpaired) electrons. The summed E-state index contributed by atoms with van der Waals surface area (Å²) in [7, 11) is -3.92. The van der Waals surface area contributed by atoms with E-state index in [-0.39, 0.29) is 29.2 Å². The minimum Gasteiger partial charge on any atom is -0.352 e. The van der Waals surface area contributed by atoms with E-state index in [4.69, 9.17) is 11.6 Å². The van der Waals surface area contributed by atoms with Crippen LogP contribution in [0.3, 0.4) is 0 Å². The lowest BCUT2D eigenvalue weighted by molar-refractivity contribution is -0.139. The van der Waals surface area contributed by atoms with Crippen molar-refractivity contribution in [3.05, 3.63) is 64.4 Å². The van der Waals surface area contributed by atoms with Gasteiger partial charge in [-0.25, -0.2) is 12.8 Å². The van der Waals surface area contributed by atoms with Gasteiger partial charge >= 0.3 is 0 Å². The second-order valence-corrected chi connectivity index (χ2v) is 10.7. The topological polar surface area (TPSA) is 86.8 Å². The summed E-state index contributed by atoms with van der Waals surface area (Å²) >= 11 is 5.84. The molecule has 2 aromatic carbocycles. The number of hydrogen-bond acceptors (Lipinski definition) is 4. The number of nitrogens with zero attached hydrogens (tertiary/aromatic N) is 2. The minimum absolute atomic E-state index is 0.0504. The maximum atomic E-state index is 13.6. The molecule has 0 aliphatic heterocycles. The van der Waals surface area contributed by atoms with Gasteiger partial charge in [-0.1, -0.05) is 48.4 Å². The Hall–Kier alpha value is -2.65. The Morgan fingerprint density at radius 3 is 2.38 bits per heavy atom. The molecule has 0 fully saturated rings. The van der Waals surface area contributed by atoms with Crippen molar-refractivity contribution in [1.29, 1.82) is 0 Å². The molecular formula is C24H31ClFN3O4S. The van der Waals surface area contributed by atoms with Crippen LogP contribution in [-0.2, 0) is 26.2 Å². The van der Waals surface area contributed by atoms with Crippen LogP contribution in [0.15, 0.2) is 42.5 Å². The molecule has 2 atom stereocenters. The Labute approximate surface area is 205 Å². The van der Waals surface area contributed by atoms with Crippen molar-refractivity contribution in [3.8, 4) is 0 Å². The van der Waals surface area contributed by atoms with Crippen molar-refractivity contribution < 1.29 is 22.4 Å². The monoisotopic (exact) mass is 511 g/mol. The molecule has 0 saturated heterocycles. The lowest BCUT2D eigenvalue weighted by atomic mass is 10.1. The number of nitrogens with one attached hydrogen (secondary N) is 1. The van der Waals surface area contributed by atoms with Crippen molar-refractivity contribution >= 4 is 39.1 Å². The van der Waals surface area contributed by atoms with Gasteiger partial charge in [-0.2, -0.15) is 0 Å². The summed E-state index contributed by atoms with van der Waals surface area (Å²) in [5.41, 5.74) is 1.84. The molecule has 1 N–H and O–H groups in total. The zero-order valence-electron chi connectivity index (χ0n) is 20.0. The maximum absolute atomic E-state index is 13.6. The normalized spacial score (nSPS) is 13.1. The molecule has 0 bridgehead atoms. The molecule has 0 saturated carbocycles. The van der Waals surface area contributed by atoms with E-state index in [1.54, 1.807) is 6.92 Å². The summed E-state index contributed by atoms with van der Waals surface area (Å²) in [6.07, 6.45) is 1.67. The number of aryl methyl sites for hydroxylation is 1. The zero-order valence-corrected chi connectivity index (χ0v) is 21.6. The number of carbonyl (C=O) groups excluding carboxylic acids is 2. The number of sulfonamides is 1. The van der Waals surface area contributed by atoms with Crippen LogP contribution in [0.5, 0.6) is 0 Å². The van der Waals surface area contributed by atoms with E-state index < -0.39 is 34.3 Å². The van der Waals surface area contributed by atoms with Gasteiger partial charge in [0.25, 0.3) is 0 Å². The molecule has 2 rings (SSSR count). The molecule has 0 heterocycles. The fourth-order valence-electron chi connectivity index (χ4n) is 3.31. The van der Waals surface area contributed by atoms with E-state index in [0.29, 0.717) is 0 Å². The quantitative estimate of drug-likeness (QED) is 0.524. The fourth-order valence-corrected chi connectivity index (χ4v) is 4.33. The predicted octanol–water partition coefficient (Wildman–Crippen LogP) is 3.89. The molecular weight excluding hydrogens is 481 g/mol. The standard InChI is InChI=1S/C24H31ClFN3O4S/c1-6-17(3)27-24(31)18(4)28(14-19-9-7-8-16(2)12-19)23(30)15-29(34(5,32)33)20-10-11-22(26)21(25)13-20/h7-13,17-18H,6,14-15H2,1-5H3,(H,27,31). The highest BCUT2D eigenvalue weighted by molar-refractivity contribution is 7.92. The van der Waals surface area contributed by atoms with Gasteiger partial charge in [0.1, 0.15) is 18.4 Å². The largest absolute Gasteiger partial charge is 0.352 e. The molecule has 0 spiro atoms. The summed E-state index contributed by atoms with van der Waals surface area (Å²) in [5, 5.41) is 2.60. The summed E-state index contributed by atoms with van der Waals surface area (Å²) in [6, 6.07) is 9.97. The van der Waals surface area contributed by atoms with Crippen LogP contribution < -0.4 is 9.62 Å². The molecule has 186 valence electrons. The van der Waals surface area contributed by atoms with Gasteiger partial charge in [-0.15, -0.1) is 0 Å². The van der Waals surface area contributed by atoms with Crippen LogP contribution in [0.4, 0.5) is 10.1 Å². The van der Waals surface area contributed by atoms with Crippen LogP contribution in [0.25, 0.3) is 0 Å². The van der Waals surface area contributed by atoms with Crippen molar-refractivity contribution in [3.63, 3.8) is 0 Å². The number of benzene rings is 2. The van der Waals surface area contributed by atoms with Crippen LogP contribution in [0.2, 0.25) is 5.02 Å². The molecule has 0 aromatic heterocycles. The molecule has 2 amide bonds. The summed E-state index contributed by atoms with van der Waals surface area (Å²) in [4.78, 5) is 27.6. The summed E-state index contributed by atoms with van der Waals surface area (Å²) in [5.74, 6) is -1.63. The third-order valence-corrected chi connectivity index (χ3v) is 6.90. The van der Waals surface area contributed by atoms with E-state index in [1.807, 2.05) is 45.0 Å². The lowest BCUT2D eigenvalue weighted by Gasteiger charge is -2.32. The number of amides is 2. The molecule has 0 aliphatic carbocycles. The Balaban J connectivity index is 2.41. The number of hydrogen-bond donors (Lipinski definition) is 1. The highest BCUT2D eigenvalue weighted by Crippen LogP contribution is 2.25. The SMILES string of the molecule is CCC(C)NC(=O)C(C)N(Cc1cccc(C)c1)C(=O)CN(c1ccc(F)c(Cl)c1)S(C)(=O)=O. The fraction of sp³-hybridized carbons (Fsp3) is 0.417. The second kappa shape index (κ2) is 11.7. The number of carbonyl (C=O) groups is 2. The smallest absolute Gasteiger partial charge is 0.244 e. The van der Waals surface area contributed by atoms with Crippen molar-refractivity contribution in [2.75, 3.05) is 17.1 Å². The van der Waals surface area contributed by atoms with Gasteiger partial charge in [0.05, 0.1) is 17.0 Å². The van der Waals surface area contributed by atoms with Crippen LogP contribution in [0.1, 0.15) is 38.3 Å². The zero-order chi connectivity index (χ0) is 25.6. The Morgan fingerprint density at radius 1 is 1.15 bits per heavy atom. The van der Waals surface area contributed by atoms with E-state index >= 15 is 0 Å². The van der Waals surface area contributed by atoms with Gasteiger partial charge in [0, 0.05) is 12.6 Å².